The molecular formula is C11H22N3S+. The number of hydrogen-bond acceptors (Lipinski definition) is 3. The monoisotopic (exact) mass is 228 g/mol. The lowest BCUT2D eigenvalue weighted by atomic mass is 10.1. The molecule has 0 saturated carbocycles. The zero-order valence-corrected chi connectivity index (χ0v) is 10.6. The second-order valence-corrected chi connectivity index (χ2v) is 5.00. The summed E-state index contributed by atoms with van der Waals surface area (Å²) < 4.78 is 1.95. The normalized spacial score (nSPS) is 16.8. The maximum atomic E-state index is 5.88. The van der Waals surface area contributed by atoms with Crippen molar-refractivity contribution < 1.29 is 4.68 Å². The number of nitrogens with zero attached hydrogens (tertiary/aromatic N) is 2. The van der Waals surface area contributed by atoms with Crippen LogP contribution in [0.25, 0.3) is 0 Å². The van der Waals surface area contributed by atoms with Crippen LogP contribution in [0.5, 0.6) is 0 Å². The maximum Gasteiger partial charge on any atom is 0.329 e. The van der Waals surface area contributed by atoms with Gasteiger partial charge in [-0.15, -0.1) is 4.68 Å². The first-order valence-corrected chi connectivity index (χ1v) is 6.79. The molecule has 2 N–H and O–H groups in total. The van der Waals surface area contributed by atoms with Gasteiger partial charge in [0, 0.05) is 5.75 Å². The van der Waals surface area contributed by atoms with E-state index in [1.165, 1.54) is 37.8 Å². The van der Waals surface area contributed by atoms with Crippen molar-refractivity contribution in [3.05, 3.63) is 0 Å². The number of unbranched alkanes of at least 4 members (excludes halogenated alkanes) is 4. The van der Waals surface area contributed by atoms with Crippen LogP contribution in [0.1, 0.15) is 46.0 Å². The Morgan fingerprint density at radius 1 is 1.33 bits per heavy atom. The molecule has 0 amide bonds. The number of rotatable bonds is 6. The minimum absolute atomic E-state index is 0.857. The summed E-state index contributed by atoms with van der Waals surface area (Å²) in [4.78, 5) is 0. The third kappa shape index (κ3) is 4.69. The Morgan fingerprint density at radius 2 is 2.07 bits per heavy atom. The van der Waals surface area contributed by atoms with Crippen LogP contribution in [0, 0.1) is 0 Å². The van der Waals surface area contributed by atoms with Gasteiger partial charge in [-0.25, -0.2) is 0 Å². The molecule has 1 rings (SSSR count). The smallest absolute Gasteiger partial charge is 0.280 e. The molecule has 3 nitrogen and oxygen atoms in total. The maximum absolute atomic E-state index is 5.88. The van der Waals surface area contributed by atoms with E-state index < -0.39 is 0 Å². The lowest BCUT2D eigenvalue weighted by Crippen LogP contribution is -2.28. The van der Waals surface area contributed by atoms with E-state index in [2.05, 4.69) is 18.9 Å². The van der Waals surface area contributed by atoms with Gasteiger partial charge in [-0.3, -0.25) is 5.73 Å². The summed E-state index contributed by atoms with van der Waals surface area (Å²) in [5.41, 5.74) is 7.05. The van der Waals surface area contributed by atoms with E-state index in [4.69, 9.17) is 5.73 Å². The van der Waals surface area contributed by atoms with Crippen LogP contribution < -0.4 is 5.73 Å². The highest BCUT2D eigenvalue weighted by molar-refractivity contribution is 8.14. The molecule has 0 aromatic heterocycles. The van der Waals surface area contributed by atoms with E-state index in [0.29, 0.717) is 0 Å². The van der Waals surface area contributed by atoms with E-state index in [9.17, 15) is 0 Å². The van der Waals surface area contributed by atoms with Crippen molar-refractivity contribution in [1.29, 1.82) is 0 Å². The van der Waals surface area contributed by atoms with Gasteiger partial charge < -0.3 is 0 Å². The quantitative estimate of drug-likeness (QED) is 0.560. The standard InChI is InChI=1S/C11H21N3S/c1-3-4-5-6-7-8-14-11(12)15-9-10(2)13-14/h12H,3-9H2,1-2H3/p+1. The molecule has 1 aliphatic heterocycles. The topological polar surface area (TPSA) is 41.4 Å². The van der Waals surface area contributed by atoms with Crippen LogP contribution in [-0.4, -0.2) is 27.9 Å². The second kappa shape index (κ2) is 6.88. The highest BCUT2D eigenvalue weighted by Crippen LogP contribution is 2.09. The van der Waals surface area contributed by atoms with E-state index in [0.717, 1.165) is 17.5 Å². The zero-order chi connectivity index (χ0) is 11.1. The van der Waals surface area contributed by atoms with Gasteiger partial charge in [-0.1, -0.05) is 31.3 Å². The lowest BCUT2D eigenvalue weighted by Gasteiger charge is -2.09. The Kier molecular flexibility index (Phi) is 5.76. The van der Waals surface area contributed by atoms with Crippen LogP contribution >= 0.6 is 11.8 Å². The Labute approximate surface area is 96.8 Å². The molecule has 0 radical (unpaired) electrons. The summed E-state index contributed by atoms with van der Waals surface area (Å²) in [5, 5.41) is 5.31. The van der Waals surface area contributed by atoms with Crippen LogP contribution in [0.15, 0.2) is 5.10 Å². The molecule has 15 heavy (non-hydrogen) atoms. The second-order valence-electron chi connectivity index (χ2n) is 4.00. The van der Waals surface area contributed by atoms with Gasteiger partial charge in [0.05, 0.1) is 5.71 Å². The summed E-state index contributed by atoms with van der Waals surface area (Å²) in [6.45, 7) is 5.27. The third-order valence-electron chi connectivity index (χ3n) is 2.45. The Morgan fingerprint density at radius 3 is 2.80 bits per heavy atom. The Balaban J connectivity index is 2.25. The van der Waals surface area contributed by atoms with Crippen LogP contribution in [0.2, 0.25) is 0 Å². The van der Waals surface area contributed by atoms with Crippen molar-refractivity contribution >= 4 is 22.6 Å². The molecule has 0 saturated heterocycles. The van der Waals surface area contributed by atoms with Crippen molar-refractivity contribution in [3.63, 3.8) is 0 Å². The Hall–Kier alpha value is -0.510. The van der Waals surface area contributed by atoms with Gasteiger partial charge in [-0.05, 0) is 31.5 Å². The average molecular weight is 228 g/mol. The number of hydrazone groups is 1. The van der Waals surface area contributed by atoms with Crippen molar-refractivity contribution in [1.82, 2.24) is 0 Å². The first-order chi connectivity index (χ1) is 7.24. The molecular weight excluding hydrogens is 206 g/mol. The lowest BCUT2D eigenvalue weighted by molar-refractivity contribution is -0.532. The molecule has 0 aliphatic carbocycles. The van der Waals surface area contributed by atoms with Gasteiger partial charge in [0.25, 0.3) is 0 Å². The SMILES string of the molecule is CCCCCCC[N+]1=C(N)SCC(C)=N1. The molecule has 0 unspecified atom stereocenters. The predicted octanol–water partition coefficient (Wildman–Crippen LogP) is 2.41. The molecule has 0 spiro atoms. The van der Waals surface area contributed by atoms with Crippen LogP contribution in [0.3, 0.4) is 0 Å². The summed E-state index contributed by atoms with van der Waals surface area (Å²) >= 11 is 1.69. The molecule has 0 aromatic carbocycles. The van der Waals surface area contributed by atoms with E-state index in [1.54, 1.807) is 11.8 Å². The van der Waals surface area contributed by atoms with Gasteiger partial charge in [0.1, 0.15) is 6.54 Å². The fourth-order valence-corrected chi connectivity index (χ4v) is 2.26. The first-order valence-electron chi connectivity index (χ1n) is 5.81. The fourth-order valence-electron chi connectivity index (χ4n) is 1.56. The van der Waals surface area contributed by atoms with Crippen molar-refractivity contribution in [2.75, 3.05) is 12.3 Å². The zero-order valence-electron chi connectivity index (χ0n) is 9.83. The number of amidine groups is 1. The van der Waals surface area contributed by atoms with E-state index >= 15 is 0 Å². The van der Waals surface area contributed by atoms with Crippen molar-refractivity contribution in [3.8, 4) is 0 Å². The largest absolute Gasteiger partial charge is 0.329 e. The Bertz CT molecular complexity index is 259. The first kappa shape index (κ1) is 12.6. The summed E-state index contributed by atoms with van der Waals surface area (Å²) in [6.07, 6.45) is 6.45. The highest BCUT2D eigenvalue weighted by atomic mass is 32.2. The van der Waals surface area contributed by atoms with Gasteiger partial charge in [-0.2, -0.15) is 0 Å². The molecule has 0 fully saturated rings. The van der Waals surface area contributed by atoms with Gasteiger partial charge in [0.15, 0.2) is 0 Å². The molecule has 0 bridgehead atoms. The number of hydrogen-bond donors (Lipinski definition) is 1. The van der Waals surface area contributed by atoms with Gasteiger partial charge in [0.2, 0.25) is 0 Å². The molecule has 4 heteroatoms. The molecule has 0 atom stereocenters. The van der Waals surface area contributed by atoms with Gasteiger partial charge >= 0.3 is 5.17 Å². The van der Waals surface area contributed by atoms with E-state index in [1.807, 2.05) is 4.68 Å². The van der Waals surface area contributed by atoms with Crippen molar-refractivity contribution in [2.45, 2.75) is 46.0 Å². The summed E-state index contributed by atoms with van der Waals surface area (Å²) in [6, 6.07) is 0. The molecule has 86 valence electrons. The highest BCUT2D eigenvalue weighted by Gasteiger charge is 2.15. The van der Waals surface area contributed by atoms with Crippen molar-refractivity contribution in [2.24, 2.45) is 10.8 Å². The number of nitrogens with two attached hydrogens (primary N) is 1. The minimum Gasteiger partial charge on any atom is -0.280 e. The summed E-state index contributed by atoms with van der Waals surface area (Å²) in [5.74, 6) is 0.943. The predicted molar refractivity (Wildman–Crippen MR) is 68.6 cm³/mol. The molecule has 1 aliphatic rings. The fraction of sp³-hybridized carbons (Fsp3) is 0.818. The van der Waals surface area contributed by atoms with Crippen LogP contribution in [0.4, 0.5) is 0 Å². The third-order valence-corrected chi connectivity index (χ3v) is 3.52. The summed E-state index contributed by atoms with van der Waals surface area (Å²) in [7, 11) is 0. The molecule has 1 heterocycles. The average Bonchev–Trinajstić information content (AvgIpc) is 2.23. The minimum atomic E-state index is 0.857. The van der Waals surface area contributed by atoms with Crippen LogP contribution in [-0.2, 0) is 0 Å². The number of thioether (sulfide) groups is 1. The molecule has 0 aromatic rings. The van der Waals surface area contributed by atoms with E-state index in [-0.39, 0.29) is 0 Å².